The lowest BCUT2D eigenvalue weighted by Gasteiger charge is -2.28. The van der Waals surface area contributed by atoms with Crippen molar-refractivity contribution in [1.82, 2.24) is 20.0 Å². The zero-order chi connectivity index (χ0) is 19.1. The van der Waals surface area contributed by atoms with E-state index in [9.17, 15) is 4.79 Å². The Morgan fingerprint density at radius 1 is 1.08 bits per heavy atom. The molecule has 26 heavy (non-hydrogen) atoms. The van der Waals surface area contributed by atoms with Gasteiger partial charge in [0.05, 0.1) is 6.04 Å². The summed E-state index contributed by atoms with van der Waals surface area (Å²) in [6.07, 6.45) is 5.29. The van der Waals surface area contributed by atoms with E-state index in [1.54, 1.807) is 4.90 Å². The van der Waals surface area contributed by atoms with Gasteiger partial charge >= 0.3 is 6.03 Å². The number of hydrogen-bond acceptors (Lipinski definition) is 3. The third-order valence-corrected chi connectivity index (χ3v) is 5.61. The second kappa shape index (κ2) is 9.93. The number of hydrogen-bond donors (Lipinski definition) is 1. The second-order valence-electron chi connectivity index (χ2n) is 7.92. The van der Waals surface area contributed by atoms with E-state index in [1.165, 1.54) is 36.8 Å². The fourth-order valence-corrected chi connectivity index (χ4v) is 3.64. The average molecular weight is 361 g/mol. The van der Waals surface area contributed by atoms with Crippen LogP contribution in [-0.4, -0.2) is 74.6 Å². The normalized spacial score (nSPS) is 16.3. The van der Waals surface area contributed by atoms with Crippen LogP contribution in [0.3, 0.4) is 0 Å². The number of carbonyl (C=O) groups is 1. The summed E-state index contributed by atoms with van der Waals surface area (Å²) in [7, 11) is 8.17. The van der Waals surface area contributed by atoms with Gasteiger partial charge in [-0.3, -0.25) is 0 Å². The first-order valence-corrected chi connectivity index (χ1v) is 9.80. The number of rotatable bonds is 8. The summed E-state index contributed by atoms with van der Waals surface area (Å²) >= 11 is 0. The number of amides is 2. The van der Waals surface area contributed by atoms with Crippen LogP contribution >= 0.6 is 0 Å². The Morgan fingerprint density at radius 2 is 1.69 bits per heavy atom. The fraction of sp³-hybridized carbons (Fsp3) is 0.667. The van der Waals surface area contributed by atoms with E-state index in [-0.39, 0.29) is 12.1 Å². The average Bonchev–Trinajstić information content (AvgIpc) is 3.15. The lowest BCUT2D eigenvalue weighted by Crippen LogP contribution is -2.44. The van der Waals surface area contributed by atoms with E-state index in [2.05, 4.69) is 67.4 Å². The van der Waals surface area contributed by atoms with Gasteiger partial charge in [0.1, 0.15) is 0 Å². The molecule has 5 nitrogen and oxygen atoms in total. The van der Waals surface area contributed by atoms with Crippen molar-refractivity contribution >= 4 is 6.03 Å². The van der Waals surface area contributed by atoms with Crippen LogP contribution in [0.5, 0.6) is 0 Å². The van der Waals surface area contributed by atoms with Gasteiger partial charge in [-0.25, -0.2) is 4.79 Å². The molecule has 0 radical (unpaired) electrons. The molecule has 5 heteroatoms. The van der Waals surface area contributed by atoms with E-state index in [4.69, 9.17) is 0 Å². The molecule has 0 aromatic heterocycles. The molecule has 1 unspecified atom stereocenters. The number of urea groups is 1. The Morgan fingerprint density at radius 3 is 2.27 bits per heavy atom. The first kappa shape index (κ1) is 20.7. The second-order valence-corrected chi connectivity index (χ2v) is 7.92. The van der Waals surface area contributed by atoms with Gasteiger partial charge in [-0.1, -0.05) is 42.7 Å². The maximum Gasteiger partial charge on any atom is 0.317 e. The summed E-state index contributed by atoms with van der Waals surface area (Å²) in [5.41, 5.74) is 2.48. The van der Waals surface area contributed by atoms with Gasteiger partial charge in [-0.05, 0) is 46.5 Å². The summed E-state index contributed by atoms with van der Waals surface area (Å²) in [5.74, 6) is 0. The highest BCUT2D eigenvalue weighted by Gasteiger charge is 2.20. The van der Waals surface area contributed by atoms with Crippen molar-refractivity contribution in [3.8, 4) is 0 Å². The van der Waals surface area contributed by atoms with Crippen molar-refractivity contribution in [3.63, 3.8) is 0 Å². The van der Waals surface area contributed by atoms with Crippen molar-refractivity contribution in [2.75, 3.05) is 47.8 Å². The molecular weight excluding hydrogens is 324 g/mol. The highest BCUT2D eigenvalue weighted by molar-refractivity contribution is 5.73. The van der Waals surface area contributed by atoms with Gasteiger partial charge in [-0.2, -0.15) is 0 Å². The van der Waals surface area contributed by atoms with E-state index in [0.29, 0.717) is 12.6 Å². The Balaban J connectivity index is 1.80. The SMILES string of the molecule is Cc1ccc(C(CNC(=O)N(C)CCN(C)C2CCCC2)N(C)C)cc1. The van der Waals surface area contributed by atoms with Gasteiger partial charge in [0.25, 0.3) is 0 Å². The highest BCUT2D eigenvalue weighted by Crippen LogP contribution is 2.22. The van der Waals surface area contributed by atoms with Crippen LogP contribution in [0.2, 0.25) is 0 Å². The van der Waals surface area contributed by atoms with Gasteiger partial charge in [0.15, 0.2) is 0 Å². The monoisotopic (exact) mass is 360 g/mol. The predicted molar refractivity (Wildman–Crippen MR) is 109 cm³/mol. The molecule has 2 rings (SSSR count). The van der Waals surface area contributed by atoms with E-state index in [1.807, 2.05) is 7.05 Å². The minimum atomic E-state index is 0.00350. The number of benzene rings is 1. The van der Waals surface area contributed by atoms with E-state index >= 15 is 0 Å². The number of carbonyl (C=O) groups excluding carboxylic acids is 1. The van der Waals surface area contributed by atoms with Crippen LogP contribution in [0.1, 0.15) is 42.9 Å². The maximum atomic E-state index is 12.5. The third kappa shape index (κ3) is 5.99. The minimum Gasteiger partial charge on any atom is -0.336 e. The molecule has 1 saturated carbocycles. The lowest BCUT2D eigenvalue weighted by atomic mass is 10.0. The van der Waals surface area contributed by atoms with Crippen LogP contribution < -0.4 is 5.32 Å². The smallest absolute Gasteiger partial charge is 0.317 e. The largest absolute Gasteiger partial charge is 0.336 e. The molecular formula is C21H36N4O. The Hall–Kier alpha value is -1.59. The minimum absolute atomic E-state index is 0.00350. The molecule has 1 atom stereocenters. The summed E-state index contributed by atoms with van der Waals surface area (Å²) in [4.78, 5) is 18.8. The zero-order valence-corrected chi connectivity index (χ0v) is 17.2. The van der Waals surface area contributed by atoms with E-state index in [0.717, 1.165) is 13.1 Å². The Kier molecular flexibility index (Phi) is 7.91. The topological polar surface area (TPSA) is 38.8 Å². The molecule has 0 spiro atoms. The van der Waals surface area contributed by atoms with Crippen molar-refractivity contribution in [3.05, 3.63) is 35.4 Å². The quantitative estimate of drug-likeness (QED) is 0.774. The van der Waals surface area contributed by atoms with Crippen molar-refractivity contribution in [2.24, 2.45) is 0 Å². The zero-order valence-electron chi connectivity index (χ0n) is 17.2. The Bertz CT molecular complexity index is 552. The molecule has 0 aliphatic heterocycles. The van der Waals surface area contributed by atoms with Crippen molar-refractivity contribution < 1.29 is 4.79 Å². The molecule has 1 aliphatic carbocycles. The van der Waals surface area contributed by atoms with Crippen LogP contribution in [0.4, 0.5) is 4.79 Å². The van der Waals surface area contributed by atoms with Gasteiger partial charge in [0.2, 0.25) is 0 Å². The molecule has 1 aromatic rings. The van der Waals surface area contributed by atoms with Gasteiger partial charge < -0.3 is 20.0 Å². The van der Waals surface area contributed by atoms with Crippen molar-refractivity contribution in [1.29, 1.82) is 0 Å². The molecule has 2 amide bonds. The number of likely N-dealkylation sites (N-methyl/N-ethyl adjacent to an activating group) is 3. The van der Waals surface area contributed by atoms with Crippen LogP contribution in [-0.2, 0) is 0 Å². The lowest BCUT2D eigenvalue weighted by molar-refractivity contribution is 0.184. The summed E-state index contributed by atoms with van der Waals surface area (Å²) in [6.45, 7) is 4.39. The van der Waals surface area contributed by atoms with Gasteiger partial charge in [0, 0.05) is 32.7 Å². The van der Waals surface area contributed by atoms with Crippen molar-refractivity contribution in [2.45, 2.75) is 44.7 Å². The maximum absolute atomic E-state index is 12.5. The van der Waals surface area contributed by atoms with Crippen LogP contribution in [0, 0.1) is 6.92 Å². The third-order valence-electron chi connectivity index (χ3n) is 5.61. The number of nitrogens with one attached hydrogen (secondary N) is 1. The summed E-state index contributed by atoms with van der Waals surface area (Å²) in [6, 6.07) is 9.42. The molecule has 0 heterocycles. The standard InChI is InChI=1S/C21H36N4O/c1-17-10-12-18(13-11-17)20(23(2)3)16-22-21(26)25(5)15-14-24(4)19-8-6-7-9-19/h10-13,19-20H,6-9,14-16H2,1-5H3,(H,22,26). The van der Waals surface area contributed by atoms with Gasteiger partial charge in [-0.15, -0.1) is 0 Å². The highest BCUT2D eigenvalue weighted by atomic mass is 16.2. The fourth-order valence-electron chi connectivity index (χ4n) is 3.64. The predicted octanol–water partition coefficient (Wildman–Crippen LogP) is 3.11. The number of aryl methyl sites for hydroxylation is 1. The molecule has 1 aliphatic rings. The molecule has 0 saturated heterocycles. The molecule has 146 valence electrons. The summed E-state index contributed by atoms with van der Waals surface area (Å²) in [5, 5.41) is 3.10. The first-order valence-electron chi connectivity index (χ1n) is 9.80. The molecule has 0 bridgehead atoms. The van der Waals surface area contributed by atoms with E-state index < -0.39 is 0 Å². The molecule has 1 aromatic carbocycles. The molecule has 1 fully saturated rings. The summed E-state index contributed by atoms with van der Waals surface area (Å²) < 4.78 is 0. The Labute approximate surface area is 159 Å². The first-order chi connectivity index (χ1) is 12.4. The van der Waals surface area contributed by atoms with Crippen LogP contribution in [0.25, 0.3) is 0 Å². The van der Waals surface area contributed by atoms with Crippen LogP contribution in [0.15, 0.2) is 24.3 Å². The molecule has 1 N–H and O–H groups in total. The number of nitrogens with zero attached hydrogens (tertiary/aromatic N) is 3.